The van der Waals surface area contributed by atoms with E-state index < -0.39 is 0 Å². The second kappa shape index (κ2) is 10.2. The van der Waals surface area contributed by atoms with Gasteiger partial charge in [-0.1, -0.05) is 84.6 Å². The fourth-order valence-corrected chi connectivity index (χ4v) is 4.13. The van der Waals surface area contributed by atoms with Gasteiger partial charge in [0.05, 0.1) is 23.9 Å². The topological polar surface area (TPSA) is 59.8 Å². The summed E-state index contributed by atoms with van der Waals surface area (Å²) in [7, 11) is 0. The fraction of sp³-hybridized carbons (Fsp3) is 0.160. The van der Waals surface area contributed by atoms with Gasteiger partial charge in [-0.25, -0.2) is 4.39 Å². The van der Waals surface area contributed by atoms with Gasteiger partial charge in [-0.05, 0) is 30.2 Å². The summed E-state index contributed by atoms with van der Waals surface area (Å²) in [6, 6.07) is 26.0. The Hall–Kier alpha value is -3.45. The quantitative estimate of drug-likeness (QED) is 0.383. The Morgan fingerprint density at radius 1 is 0.969 bits per heavy atom. The molecular weight excluding hydrogens is 423 g/mol. The minimum absolute atomic E-state index is 0.0968. The second-order valence-electron chi connectivity index (χ2n) is 7.35. The molecule has 0 fully saturated rings. The summed E-state index contributed by atoms with van der Waals surface area (Å²) in [5.41, 5.74) is 2.46. The van der Waals surface area contributed by atoms with Gasteiger partial charge >= 0.3 is 0 Å². The van der Waals surface area contributed by atoms with Crippen LogP contribution in [0.5, 0.6) is 0 Å². The molecule has 0 aliphatic heterocycles. The number of nitrogens with one attached hydrogen (secondary N) is 1. The molecule has 7 heteroatoms. The van der Waals surface area contributed by atoms with E-state index in [4.69, 9.17) is 0 Å². The van der Waals surface area contributed by atoms with Crippen molar-refractivity contribution in [2.24, 2.45) is 0 Å². The van der Waals surface area contributed by atoms with E-state index in [1.54, 1.807) is 18.2 Å². The van der Waals surface area contributed by atoms with Crippen LogP contribution in [0, 0.1) is 5.82 Å². The summed E-state index contributed by atoms with van der Waals surface area (Å²) < 4.78 is 16.3. The molecule has 0 radical (unpaired) electrons. The number of rotatable bonds is 8. The smallest absolute Gasteiger partial charge is 0.230 e. The lowest BCUT2D eigenvalue weighted by molar-refractivity contribution is -0.119. The number of benzene rings is 3. The molecule has 32 heavy (non-hydrogen) atoms. The van der Waals surface area contributed by atoms with Gasteiger partial charge in [-0.15, -0.1) is 10.2 Å². The average Bonchev–Trinajstić information content (AvgIpc) is 3.21. The molecule has 162 valence electrons. The summed E-state index contributed by atoms with van der Waals surface area (Å²) in [4.78, 5) is 12.6. The molecular formula is C25H23FN4OS. The first-order chi connectivity index (χ1) is 15.6. The first kappa shape index (κ1) is 21.8. The summed E-state index contributed by atoms with van der Waals surface area (Å²) >= 11 is 1.29. The minimum Gasteiger partial charge on any atom is -0.349 e. The Balaban J connectivity index is 1.53. The molecule has 1 heterocycles. The van der Waals surface area contributed by atoms with Gasteiger partial charge in [-0.3, -0.25) is 9.36 Å². The van der Waals surface area contributed by atoms with Crippen LogP contribution < -0.4 is 5.32 Å². The van der Waals surface area contributed by atoms with Gasteiger partial charge in [0.1, 0.15) is 5.82 Å². The predicted octanol–water partition coefficient (Wildman–Crippen LogP) is 5.10. The number of thioether (sulfide) groups is 1. The number of carbonyl (C=O) groups is 1. The van der Waals surface area contributed by atoms with E-state index in [2.05, 4.69) is 15.5 Å². The highest BCUT2D eigenvalue weighted by Crippen LogP contribution is 2.27. The Labute approximate surface area is 190 Å². The molecule has 3 aromatic carbocycles. The van der Waals surface area contributed by atoms with Crippen LogP contribution in [0.2, 0.25) is 0 Å². The first-order valence-electron chi connectivity index (χ1n) is 10.3. The average molecular weight is 447 g/mol. The van der Waals surface area contributed by atoms with E-state index in [9.17, 15) is 9.18 Å². The lowest BCUT2D eigenvalue weighted by atomic mass is 10.1. The van der Waals surface area contributed by atoms with Crippen molar-refractivity contribution in [3.63, 3.8) is 0 Å². The Bertz CT molecular complexity index is 1180. The van der Waals surface area contributed by atoms with E-state index in [1.807, 2.05) is 72.2 Å². The molecule has 0 aliphatic rings. The first-order valence-corrected chi connectivity index (χ1v) is 11.3. The van der Waals surface area contributed by atoms with Gasteiger partial charge in [-0.2, -0.15) is 0 Å². The zero-order valence-corrected chi connectivity index (χ0v) is 18.4. The number of halogens is 1. The van der Waals surface area contributed by atoms with Gasteiger partial charge < -0.3 is 5.32 Å². The highest BCUT2D eigenvalue weighted by Gasteiger charge is 2.19. The number of amides is 1. The maximum Gasteiger partial charge on any atom is 0.230 e. The van der Waals surface area contributed by atoms with E-state index in [0.29, 0.717) is 23.1 Å². The van der Waals surface area contributed by atoms with Crippen molar-refractivity contribution in [1.82, 2.24) is 20.1 Å². The van der Waals surface area contributed by atoms with Gasteiger partial charge in [0, 0.05) is 0 Å². The van der Waals surface area contributed by atoms with Gasteiger partial charge in [0.25, 0.3) is 0 Å². The number of carbonyl (C=O) groups excluding carboxylic acids is 1. The molecule has 4 aromatic rings. The minimum atomic E-state index is -0.361. The lowest BCUT2D eigenvalue weighted by Crippen LogP contribution is -2.28. The Morgan fingerprint density at radius 2 is 1.62 bits per heavy atom. The number of hydrogen-bond donors (Lipinski definition) is 1. The van der Waals surface area contributed by atoms with Crippen LogP contribution in [-0.4, -0.2) is 26.4 Å². The standard InChI is InChI=1S/C25H23FN4OS/c1-18(20-12-6-3-7-13-20)27-23(31)17-32-25-29-28-24(21-14-8-9-15-22(21)26)30(25)16-19-10-4-2-5-11-19/h2-15,18H,16-17H2,1H3,(H,27,31). The zero-order chi connectivity index (χ0) is 22.3. The summed E-state index contributed by atoms with van der Waals surface area (Å²) in [6.45, 7) is 2.42. The van der Waals surface area contributed by atoms with Crippen LogP contribution in [-0.2, 0) is 11.3 Å². The summed E-state index contributed by atoms with van der Waals surface area (Å²) in [6.07, 6.45) is 0. The van der Waals surface area contributed by atoms with Crippen molar-refractivity contribution in [2.75, 3.05) is 5.75 Å². The highest BCUT2D eigenvalue weighted by atomic mass is 32.2. The van der Waals surface area contributed by atoms with Crippen molar-refractivity contribution in [3.05, 3.63) is 102 Å². The highest BCUT2D eigenvalue weighted by molar-refractivity contribution is 7.99. The second-order valence-corrected chi connectivity index (χ2v) is 8.29. The van der Waals surface area contributed by atoms with E-state index >= 15 is 0 Å². The lowest BCUT2D eigenvalue weighted by Gasteiger charge is -2.14. The summed E-state index contributed by atoms with van der Waals surface area (Å²) in [5, 5.41) is 12.1. The molecule has 4 rings (SSSR count). The van der Waals surface area contributed by atoms with E-state index in [1.165, 1.54) is 17.8 Å². The summed E-state index contributed by atoms with van der Waals surface area (Å²) in [5.74, 6) is 0.155. The van der Waals surface area contributed by atoms with Crippen LogP contribution in [0.4, 0.5) is 4.39 Å². The van der Waals surface area contributed by atoms with Crippen molar-refractivity contribution < 1.29 is 9.18 Å². The maximum atomic E-state index is 14.5. The third-order valence-corrected chi connectivity index (χ3v) is 5.99. The largest absolute Gasteiger partial charge is 0.349 e. The van der Waals surface area contributed by atoms with Crippen LogP contribution in [0.3, 0.4) is 0 Å². The molecule has 0 saturated carbocycles. The van der Waals surface area contributed by atoms with Crippen molar-refractivity contribution in [2.45, 2.75) is 24.7 Å². The van der Waals surface area contributed by atoms with Gasteiger partial charge in [0.15, 0.2) is 11.0 Å². The molecule has 1 aromatic heterocycles. The van der Waals surface area contributed by atoms with Gasteiger partial charge in [0.2, 0.25) is 5.91 Å². The molecule has 0 aliphatic carbocycles. The van der Waals surface area contributed by atoms with Crippen molar-refractivity contribution >= 4 is 17.7 Å². The molecule has 5 nitrogen and oxygen atoms in total. The maximum absolute atomic E-state index is 14.5. The normalized spacial score (nSPS) is 11.8. The fourth-order valence-electron chi connectivity index (χ4n) is 3.38. The number of aromatic nitrogens is 3. The molecule has 1 unspecified atom stereocenters. The van der Waals surface area contributed by atoms with Crippen molar-refractivity contribution in [3.8, 4) is 11.4 Å². The van der Waals surface area contributed by atoms with E-state index in [0.717, 1.165) is 11.1 Å². The third-order valence-electron chi connectivity index (χ3n) is 5.02. The van der Waals surface area contributed by atoms with Crippen LogP contribution in [0.25, 0.3) is 11.4 Å². The molecule has 0 saturated heterocycles. The predicted molar refractivity (Wildman–Crippen MR) is 125 cm³/mol. The molecule has 0 bridgehead atoms. The zero-order valence-electron chi connectivity index (χ0n) is 17.6. The van der Waals surface area contributed by atoms with Crippen LogP contribution in [0.15, 0.2) is 90.1 Å². The molecule has 1 atom stereocenters. The van der Waals surface area contributed by atoms with Crippen LogP contribution in [0.1, 0.15) is 24.1 Å². The molecule has 1 amide bonds. The number of hydrogen-bond acceptors (Lipinski definition) is 4. The Kier molecular flexibility index (Phi) is 6.97. The monoisotopic (exact) mass is 446 g/mol. The van der Waals surface area contributed by atoms with Crippen molar-refractivity contribution in [1.29, 1.82) is 0 Å². The van der Waals surface area contributed by atoms with Crippen LogP contribution >= 0.6 is 11.8 Å². The number of nitrogens with zero attached hydrogens (tertiary/aromatic N) is 3. The SMILES string of the molecule is CC(NC(=O)CSc1nnc(-c2ccccc2F)n1Cc1ccccc1)c1ccccc1. The Morgan fingerprint density at radius 3 is 2.34 bits per heavy atom. The third kappa shape index (κ3) is 5.23. The molecule has 1 N–H and O–H groups in total. The molecule has 0 spiro atoms. The van der Waals surface area contributed by atoms with E-state index in [-0.39, 0.29) is 23.5 Å².